The SMILES string of the molecule is CCNc1nc(Oc2ccccc2Cl)c2cc(C)sc2n1. The summed E-state index contributed by atoms with van der Waals surface area (Å²) in [6.45, 7) is 4.79. The lowest BCUT2D eigenvalue weighted by molar-refractivity contribution is 0.469. The van der Waals surface area contributed by atoms with E-state index in [4.69, 9.17) is 16.3 Å². The van der Waals surface area contributed by atoms with Gasteiger partial charge in [0.1, 0.15) is 10.6 Å². The predicted octanol–water partition coefficient (Wildman–Crippen LogP) is 4.88. The predicted molar refractivity (Wildman–Crippen MR) is 87.8 cm³/mol. The van der Waals surface area contributed by atoms with Crippen LogP contribution in [0.2, 0.25) is 5.02 Å². The van der Waals surface area contributed by atoms with E-state index in [1.54, 1.807) is 17.4 Å². The quantitative estimate of drug-likeness (QED) is 0.744. The number of fused-ring (bicyclic) bond motifs is 1. The summed E-state index contributed by atoms with van der Waals surface area (Å²) in [4.78, 5) is 11.0. The maximum absolute atomic E-state index is 6.15. The lowest BCUT2D eigenvalue weighted by atomic mass is 10.3. The molecule has 0 fully saturated rings. The van der Waals surface area contributed by atoms with E-state index in [9.17, 15) is 0 Å². The van der Waals surface area contributed by atoms with Gasteiger partial charge in [0.15, 0.2) is 0 Å². The molecule has 2 aromatic heterocycles. The van der Waals surface area contributed by atoms with Crippen molar-refractivity contribution in [2.24, 2.45) is 0 Å². The van der Waals surface area contributed by atoms with E-state index < -0.39 is 0 Å². The first kappa shape index (κ1) is 14.1. The van der Waals surface area contributed by atoms with Crippen LogP contribution in [0.5, 0.6) is 11.6 Å². The van der Waals surface area contributed by atoms with Crippen LogP contribution in [0.25, 0.3) is 10.2 Å². The number of hydrogen-bond donors (Lipinski definition) is 1. The van der Waals surface area contributed by atoms with Gasteiger partial charge in [0.25, 0.3) is 0 Å². The largest absolute Gasteiger partial charge is 0.437 e. The third-order valence-electron chi connectivity index (χ3n) is 2.86. The monoisotopic (exact) mass is 319 g/mol. The van der Waals surface area contributed by atoms with Crippen molar-refractivity contribution < 1.29 is 4.74 Å². The number of aromatic nitrogens is 2. The molecule has 0 amide bonds. The number of thiophene rings is 1. The maximum atomic E-state index is 6.15. The number of aryl methyl sites for hydroxylation is 1. The Morgan fingerprint density at radius 3 is 2.86 bits per heavy atom. The highest BCUT2D eigenvalue weighted by Gasteiger charge is 2.13. The Balaban J connectivity index is 2.09. The Labute approximate surface area is 131 Å². The second-order valence-corrected chi connectivity index (χ2v) is 6.13. The summed E-state index contributed by atoms with van der Waals surface area (Å²) < 4.78 is 5.91. The summed E-state index contributed by atoms with van der Waals surface area (Å²) in [7, 11) is 0. The van der Waals surface area contributed by atoms with Crippen molar-refractivity contribution in [1.29, 1.82) is 0 Å². The van der Waals surface area contributed by atoms with Crippen molar-refractivity contribution in [1.82, 2.24) is 9.97 Å². The highest BCUT2D eigenvalue weighted by atomic mass is 35.5. The van der Waals surface area contributed by atoms with E-state index in [-0.39, 0.29) is 0 Å². The first-order valence-corrected chi connectivity index (χ1v) is 7.81. The van der Waals surface area contributed by atoms with Crippen LogP contribution in [0.1, 0.15) is 11.8 Å². The molecule has 21 heavy (non-hydrogen) atoms. The summed E-state index contributed by atoms with van der Waals surface area (Å²) in [6.07, 6.45) is 0. The van der Waals surface area contributed by atoms with Gasteiger partial charge in [-0.1, -0.05) is 23.7 Å². The Kier molecular flexibility index (Phi) is 3.94. The molecule has 0 aliphatic heterocycles. The molecule has 0 aliphatic carbocycles. The van der Waals surface area contributed by atoms with Gasteiger partial charge in [-0.15, -0.1) is 11.3 Å². The molecule has 0 radical (unpaired) electrons. The first-order valence-electron chi connectivity index (χ1n) is 6.62. The minimum Gasteiger partial charge on any atom is -0.437 e. The number of nitrogens with zero attached hydrogens (tertiary/aromatic N) is 2. The van der Waals surface area contributed by atoms with Crippen LogP contribution >= 0.6 is 22.9 Å². The van der Waals surface area contributed by atoms with Crippen LogP contribution in [0.15, 0.2) is 30.3 Å². The van der Waals surface area contributed by atoms with E-state index in [2.05, 4.69) is 15.3 Å². The van der Waals surface area contributed by atoms with Gasteiger partial charge in [0.05, 0.1) is 10.4 Å². The molecule has 1 aromatic carbocycles. The standard InChI is InChI=1S/C15H14ClN3OS/c1-3-17-15-18-13(10-8-9(2)21-14(10)19-15)20-12-7-5-4-6-11(12)16/h4-8H,3H2,1-2H3,(H,17,18,19). The lowest BCUT2D eigenvalue weighted by Gasteiger charge is -2.09. The minimum absolute atomic E-state index is 0.522. The Morgan fingerprint density at radius 2 is 2.10 bits per heavy atom. The highest BCUT2D eigenvalue weighted by molar-refractivity contribution is 7.18. The number of rotatable bonds is 4. The van der Waals surface area contributed by atoms with Crippen molar-refractivity contribution in [3.05, 3.63) is 40.2 Å². The molecule has 0 aliphatic rings. The topological polar surface area (TPSA) is 47.0 Å². The van der Waals surface area contributed by atoms with Crippen LogP contribution in [-0.2, 0) is 0 Å². The molecule has 4 nitrogen and oxygen atoms in total. The smallest absolute Gasteiger partial charge is 0.232 e. The summed E-state index contributed by atoms with van der Waals surface area (Å²) in [6, 6.07) is 9.39. The second-order valence-electron chi connectivity index (χ2n) is 4.49. The second kappa shape index (κ2) is 5.87. The van der Waals surface area contributed by atoms with Gasteiger partial charge >= 0.3 is 0 Å². The number of hydrogen-bond acceptors (Lipinski definition) is 5. The molecule has 6 heteroatoms. The van der Waals surface area contributed by atoms with Crippen LogP contribution < -0.4 is 10.1 Å². The highest BCUT2D eigenvalue weighted by Crippen LogP contribution is 2.35. The molecule has 0 spiro atoms. The molecule has 1 N–H and O–H groups in total. The molecule has 0 atom stereocenters. The molecule has 2 heterocycles. The normalized spacial score (nSPS) is 10.8. The minimum atomic E-state index is 0.522. The number of nitrogens with one attached hydrogen (secondary N) is 1. The molecule has 0 bridgehead atoms. The van der Waals surface area contributed by atoms with Crippen molar-refractivity contribution in [2.45, 2.75) is 13.8 Å². The van der Waals surface area contributed by atoms with Gasteiger partial charge in [0, 0.05) is 11.4 Å². The average molecular weight is 320 g/mol. The lowest BCUT2D eigenvalue weighted by Crippen LogP contribution is -2.03. The van der Waals surface area contributed by atoms with Crippen LogP contribution in [-0.4, -0.2) is 16.5 Å². The zero-order valence-electron chi connectivity index (χ0n) is 11.7. The fraction of sp³-hybridized carbons (Fsp3) is 0.200. The van der Waals surface area contributed by atoms with Gasteiger partial charge in [-0.2, -0.15) is 4.98 Å². The molecular formula is C15H14ClN3OS. The van der Waals surface area contributed by atoms with Crippen molar-refractivity contribution in [3.63, 3.8) is 0 Å². The third-order valence-corrected chi connectivity index (χ3v) is 4.12. The molecule has 108 valence electrons. The summed E-state index contributed by atoms with van der Waals surface area (Å²) in [5.41, 5.74) is 0. The molecule has 0 saturated carbocycles. The fourth-order valence-corrected chi connectivity index (χ4v) is 3.01. The van der Waals surface area contributed by atoms with Gasteiger partial charge in [-0.25, -0.2) is 4.98 Å². The number of anilines is 1. The molecule has 3 aromatic rings. The number of benzene rings is 1. The van der Waals surface area contributed by atoms with Gasteiger partial charge in [-0.05, 0) is 32.0 Å². The van der Waals surface area contributed by atoms with Gasteiger partial charge in [-0.3, -0.25) is 0 Å². The summed E-state index contributed by atoms with van der Waals surface area (Å²) >= 11 is 7.77. The van der Waals surface area contributed by atoms with Crippen LogP contribution in [0, 0.1) is 6.92 Å². The zero-order valence-corrected chi connectivity index (χ0v) is 13.3. The van der Waals surface area contributed by atoms with E-state index in [0.717, 1.165) is 21.6 Å². The molecular weight excluding hydrogens is 306 g/mol. The van der Waals surface area contributed by atoms with Crippen LogP contribution in [0.4, 0.5) is 5.95 Å². The first-order chi connectivity index (χ1) is 10.2. The van der Waals surface area contributed by atoms with Gasteiger partial charge < -0.3 is 10.1 Å². The molecule has 0 saturated heterocycles. The van der Waals surface area contributed by atoms with Crippen molar-refractivity contribution in [3.8, 4) is 11.6 Å². The molecule has 3 rings (SSSR count). The van der Waals surface area contributed by atoms with E-state index in [1.165, 1.54) is 0 Å². The van der Waals surface area contributed by atoms with Gasteiger partial charge in [0.2, 0.25) is 11.8 Å². The Bertz CT molecular complexity index is 788. The zero-order chi connectivity index (χ0) is 14.8. The van der Waals surface area contributed by atoms with E-state index in [1.807, 2.05) is 38.1 Å². The summed E-state index contributed by atoms with van der Waals surface area (Å²) in [5, 5.41) is 4.58. The molecule has 0 unspecified atom stereocenters. The van der Waals surface area contributed by atoms with Crippen molar-refractivity contribution in [2.75, 3.05) is 11.9 Å². The summed E-state index contributed by atoms with van der Waals surface area (Å²) in [5.74, 6) is 1.67. The fourth-order valence-electron chi connectivity index (χ4n) is 1.96. The Morgan fingerprint density at radius 1 is 1.29 bits per heavy atom. The number of ether oxygens (including phenoxy) is 1. The van der Waals surface area contributed by atoms with E-state index in [0.29, 0.717) is 22.6 Å². The Hall–Kier alpha value is -1.85. The van der Waals surface area contributed by atoms with Crippen LogP contribution in [0.3, 0.4) is 0 Å². The maximum Gasteiger partial charge on any atom is 0.232 e. The van der Waals surface area contributed by atoms with Crippen molar-refractivity contribution >= 4 is 39.1 Å². The number of halogens is 1. The number of para-hydroxylation sites is 1. The van der Waals surface area contributed by atoms with E-state index >= 15 is 0 Å². The average Bonchev–Trinajstić information content (AvgIpc) is 2.82. The third kappa shape index (κ3) is 2.94.